The SMILES string of the molecule is CC(C)(C)c1spc(C#N)c1C#N. The van der Waals surface area contributed by atoms with Crippen molar-refractivity contribution in [1.82, 2.24) is 0 Å². The third-order valence-corrected chi connectivity index (χ3v) is 4.56. The first-order valence-corrected chi connectivity index (χ1v) is 6.12. The van der Waals surface area contributed by atoms with E-state index in [9.17, 15) is 0 Å². The first kappa shape index (κ1) is 10.2. The molecule has 0 aliphatic rings. The molecule has 1 heterocycles. The molecule has 0 saturated heterocycles. The maximum atomic E-state index is 8.90. The van der Waals surface area contributed by atoms with Gasteiger partial charge >= 0.3 is 0 Å². The highest BCUT2D eigenvalue weighted by Gasteiger charge is 2.22. The van der Waals surface area contributed by atoms with Gasteiger partial charge in [-0.15, -0.1) is 10.9 Å². The van der Waals surface area contributed by atoms with Crippen molar-refractivity contribution in [2.24, 2.45) is 0 Å². The topological polar surface area (TPSA) is 47.6 Å². The van der Waals surface area contributed by atoms with E-state index in [0.717, 1.165) is 12.2 Å². The second-order valence-corrected chi connectivity index (χ2v) is 6.02. The molecule has 0 bridgehead atoms. The Kier molecular flexibility index (Phi) is 2.71. The monoisotopic (exact) mass is 208 g/mol. The fourth-order valence-electron chi connectivity index (χ4n) is 0.982. The number of nitriles is 2. The van der Waals surface area contributed by atoms with Crippen molar-refractivity contribution in [2.75, 3.05) is 0 Å². The molecule has 0 N–H and O–H groups in total. The molecular formula is C9H9N2PS. The highest BCUT2D eigenvalue weighted by molar-refractivity contribution is 7.81. The lowest BCUT2D eigenvalue weighted by Crippen LogP contribution is -2.10. The van der Waals surface area contributed by atoms with Crippen molar-refractivity contribution in [2.45, 2.75) is 26.2 Å². The number of hydrogen-bond acceptors (Lipinski definition) is 3. The van der Waals surface area contributed by atoms with E-state index in [4.69, 9.17) is 10.5 Å². The Morgan fingerprint density at radius 1 is 1.23 bits per heavy atom. The predicted molar refractivity (Wildman–Crippen MR) is 55.0 cm³/mol. The van der Waals surface area contributed by atoms with Crippen LogP contribution in [-0.4, -0.2) is 0 Å². The largest absolute Gasteiger partial charge is 0.192 e. The van der Waals surface area contributed by atoms with E-state index in [1.54, 1.807) is 10.9 Å². The molecule has 66 valence electrons. The zero-order valence-corrected chi connectivity index (χ0v) is 9.46. The van der Waals surface area contributed by atoms with Crippen LogP contribution >= 0.6 is 18.3 Å². The summed E-state index contributed by atoms with van der Waals surface area (Å²) in [5, 5.41) is 18.3. The smallest absolute Gasteiger partial charge is 0.108 e. The van der Waals surface area contributed by atoms with Crippen LogP contribution in [0.5, 0.6) is 0 Å². The van der Waals surface area contributed by atoms with Gasteiger partial charge in [-0.2, -0.15) is 10.5 Å². The summed E-state index contributed by atoms with van der Waals surface area (Å²) >= 11 is 0. The van der Waals surface area contributed by atoms with Crippen LogP contribution in [0.25, 0.3) is 0 Å². The van der Waals surface area contributed by atoms with E-state index in [-0.39, 0.29) is 5.41 Å². The average molecular weight is 208 g/mol. The molecule has 0 aliphatic heterocycles. The minimum absolute atomic E-state index is 0.0265. The van der Waals surface area contributed by atoms with Gasteiger partial charge in [-0.25, -0.2) is 0 Å². The molecule has 0 aliphatic carbocycles. The first-order valence-electron chi connectivity index (χ1n) is 3.81. The fourth-order valence-corrected chi connectivity index (χ4v) is 4.09. The van der Waals surface area contributed by atoms with E-state index in [2.05, 4.69) is 32.9 Å². The van der Waals surface area contributed by atoms with Crippen molar-refractivity contribution >= 4 is 18.3 Å². The Hall–Kier alpha value is -0.890. The molecule has 0 saturated carbocycles. The van der Waals surface area contributed by atoms with E-state index in [1.165, 1.54) is 0 Å². The van der Waals surface area contributed by atoms with Crippen LogP contribution in [0.15, 0.2) is 0 Å². The zero-order valence-electron chi connectivity index (χ0n) is 7.75. The van der Waals surface area contributed by atoms with Gasteiger partial charge in [-0.1, -0.05) is 20.8 Å². The van der Waals surface area contributed by atoms with Crippen molar-refractivity contribution in [3.8, 4) is 12.1 Å². The van der Waals surface area contributed by atoms with E-state index in [1.807, 2.05) is 0 Å². The summed E-state index contributed by atoms with van der Waals surface area (Å²) in [6.45, 7) is 6.17. The second-order valence-electron chi connectivity index (χ2n) is 3.71. The molecule has 0 fully saturated rings. The summed E-state index contributed by atoms with van der Waals surface area (Å²) in [5.74, 6) is 0. The predicted octanol–water partition coefficient (Wildman–Crippen LogP) is 3.37. The van der Waals surface area contributed by atoms with Crippen LogP contribution in [0.3, 0.4) is 0 Å². The highest BCUT2D eigenvalue weighted by atomic mass is 32.5. The summed E-state index contributed by atoms with van der Waals surface area (Å²) in [4.78, 5) is 1.04. The zero-order chi connectivity index (χ0) is 10.1. The lowest BCUT2D eigenvalue weighted by atomic mass is 9.92. The number of nitrogens with zero attached hydrogens (tertiary/aromatic N) is 2. The molecular weight excluding hydrogens is 199 g/mol. The van der Waals surface area contributed by atoms with Crippen molar-refractivity contribution in [3.63, 3.8) is 0 Å². The Labute approximate surface area is 83.3 Å². The van der Waals surface area contributed by atoms with Crippen molar-refractivity contribution in [1.29, 1.82) is 10.5 Å². The Bertz CT molecular complexity index is 401. The summed E-state index contributed by atoms with van der Waals surface area (Å²) < 4.78 is 0. The third kappa shape index (κ3) is 1.89. The Morgan fingerprint density at radius 2 is 1.85 bits per heavy atom. The van der Waals surface area contributed by atoms with Crippen LogP contribution < -0.4 is 0 Å². The number of hydrogen-bond donors (Lipinski definition) is 0. The fraction of sp³-hybridized carbons (Fsp3) is 0.444. The molecule has 2 nitrogen and oxygen atoms in total. The Morgan fingerprint density at radius 3 is 2.23 bits per heavy atom. The normalized spacial score (nSPS) is 11.2. The number of rotatable bonds is 0. The molecule has 0 amide bonds. The lowest BCUT2D eigenvalue weighted by Gasteiger charge is -2.15. The molecule has 1 rings (SSSR count). The van der Waals surface area contributed by atoms with Crippen LogP contribution in [0.1, 0.15) is 36.5 Å². The van der Waals surface area contributed by atoms with E-state index in [0.29, 0.717) is 10.9 Å². The molecule has 0 atom stereocenters. The van der Waals surface area contributed by atoms with Crippen LogP contribution in [-0.2, 0) is 5.41 Å². The van der Waals surface area contributed by atoms with E-state index >= 15 is 0 Å². The van der Waals surface area contributed by atoms with E-state index < -0.39 is 0 Å². The van der Waals surface area contributed by atoms with Gasteiger partial charge in [0.2, 0.25) is 0 Å². The standard InChI is InChI=1S/C9H9N2PS/c1-9(2,3)8-6(4-10)7(5-11)12-13-8/h1-3H3. The molecule has 4 heteroatoms. The van der Waals surface area contributed by atoms with Crippen LogP contribution in [0, 0.1) is 22.7 Å². The van der Waals surface area contributed by atoms with Gasteiger partial charge in [0.05, 0.1) is 5.56 Å². The molecule has 13 heavy (non-hydrogen) atoms. The van der Waals surface area contributed by atoms with Gasteiger partial charge in [0.15, 0.2) is 0 Å². The third-order valence-electron chi connectivity index (χ3n) is 1.59. The Balaban J connectivity index is 3.37. The molecule has 0 unspecified atom stereocenters. The minimum Gasteiger partial charge on any atom is -0.192 e. The average Bonchev–Trinajstić information content (AvgIpc) is 2.45. The summed E-state index contributed by atoms with van der Waals surface area (Å²) in [7, 11) is 2.49. The molecule has 0 radical (unpaired) electrons. The minimum atomic E-state index is -0.0265. The van der Waals surface area contributed by atoms with Crippen molar-refractivity contribution < 1.29 is 0 Å². The van der Waals surface area contributed by atoms with Gasteiger partial charge in [0.25, 0.3) is 0 Å². The quantitative estimate of drug-likeness (QED) is 0.656. The molecule has 1 aromatic rings. The highest BCUT2D eigenvalue weighted by Crippen LogP contribution is 2.39. The maximum Gasteiger partial charge on any atom is 0.108 e. The van der Waals surface area contributed by atoms with Gasteiger partial charge in [0.1, 0.15) is 17.4 Å². The molecule has 1 aromatic heterocycles. The van der Waals surface area contributed by atoms with Crippen LogP contribution in [0.4, 0.5) is 0 Å². The summed E-state index contributed by atoms with van der Waals surface area (Å²) in [5.41, 5.74) is 0.558. The maximum absolute atomic E-state index is 8.90. The van der Waals surface area contributed by atoms with Gasteiger partial charge in [-0.3, -0.25) is 0 Å². The summed E-state index contributed by atoms with van der Waals surface area (Å²) in [6.07, 6.45) is 0. The van der Waals surface area contributed by atoms with Gasteiger partial charge in [0, 0.05) is 12.2 Å². The second kappa shape index (κ2) is 3.46. The lowest BCUT2D eigenvalue weighted by molar-refractivity contribution is 0.602. The first-order chi connectivity index (χ1) is 6.00. The molecule has 0 spiro atoms. The van der Waals surface area contributed by atoms with Gasteiger partial charge < -0.3 is 0 Å². The van der Waals surface area contributed by atoms with Crippen molar-refractivity contribution in [3.05, 3.63) is 15.7 Å². The summed E-state index contributed by atoms with van der Waals surface area (Å²) in [6, 6.07) is 4.18. The van der Waals surface area contributed by atoms with Crippen LogP contribution in [0.2, 0.25) is 0 Å². The molecule has 0 aromatic carbocycles. The van der Waals surface area contributed by atoms with Gasteiger partial charge in [-0.05, 0) is 5.41 Å².